The van der Waals surface area contributed by atoms with Gasteiger partial charge in [0, 0.05) is 25.2 Å². The van der Waals surface area contributed by atoms with Crippen LogP contribution in [0.1, 0.15) is 37.8 Å². The van der Waals surface area contributed by atoms with Crippen molar-refractivity contribution in [1.29, 1.82) is 5.26 Å². The summed E-state index contributed by atoms with van der Waals surface area (Å²) < 4.78 is 13.6. The highest BCUT2D eigenvalue weighted by Crippen LogP contribution is 2.48. The summed E-state index contributed by atoms with van der Waals surface area (Å²) in [4.78, 5) is 31.5. The first-order valence-electron chi connectivity index (χ1n) is 10.7. The van der Waals surface area contributed by atoms with Crippen LogP contribution < -0.4 is 5.73 Å². The van der Waals surface area contributed by atoms with E-state index in [1.807, 2.05) is 22.8 Å². The number of carbonyl (C=O) groups is 2. The molecule has 1 aliphatic carbocycles. The SMILES string of the molecule is C[C@H](c1cccc(F)c1)N1C(=O)[C@@H]2CC1CN2C[C@H](N)C(=O)N1C2C[C@H]2C[C@H]1C#N. The van der Waals surface area contributed by atoms with Gasteiger partial charge in [-0.25, -0.2) is 4.39 Å². The van der Waals surface area contributed by atoms with E-state index in [1.54, 1.807) is 11.0 Å². The van der Waals surface area contributed by atoms with Gasteiger partial charge in [0.2, 0.25) is 11.8 Å². The fourth-order valence-electron chi connectivity index (χ4n) is 5.74. The van der Waals surface area contributed by atoms with E-state index in [0.29, 0.717) is 25.4 Å². The zero-order valence-electron chi connectivity index (χ0n) is 16.9. The maximum Gasteiger partial charge on any atom is 0.242 e. The highest BCUT2D eigenvalue weighted by atomic mass is 19.1. The quantitative estimate of drug-likeness (QED) is 0.781. The second kappa shape index (κ2) is 7.03. The first-order valence-corrected chi connectivity index (χ1v) is 10.7. The summed E-state index contributed by atoms with van der Waals surface area (Å²) in [5, 5.41) is 9.33. The Bertz CT molecular complexity index is 932. The first kappa shape index (κ1) is 19.5. The predicted molar refractivity (Wildman–Crippen MR) is 106 cm³/mol. The smallest absolute Gasteiger partial charge is 0.242 e. The van der Waals surface area contributed by atoms with Gasteiger partial charge in [-0.2, -0.15) is 5.26 Å². The van der Waals surface area contributed by atoms with E-state index in [-0.39, 0.29) is 47.8 Å². The van der Waals surface area contributed by atoms with Gasteiger partial charge >= 0.3 is 0 Å². The topological polar surface area (TPSA) is 93.7 Å². The third-order valence-corrected chi connectivity index (χ3v) is 7.32. The number of benzene rings is 1. The lowest BCUT2D eigenvalue weighted by atomic mass is 10.1. The highest BCUT2D eigenvalue weighted by molar-refractivity contribution is 5.87. The van der Waals surface area contributed by atoms with Crippen LogP contribution in [-0.4, -0.2) is 69.8 Å². The number of hydrogen-bond donors (Lipinski definition) is 1. The lowest BCUT2D eigenvalue weighted by Gasteiger charge is -2.38. The molecule has 7 nitrogen and oxygen atoms in total. The fourth-order valence-corrected chi connectivity index (χ4v) is 5.74. The van der Waals surface area contributed by atoms with E-state index in [9.17, 15) is 19.2 Å². The van der Waals surface area contributed by atoms with Gasteiger partial charge in [0.25, 0.3) is 0 Å². The number of halogens is 1. The average molecular weight is 411 g/mol. The van der Waals surface area contributed by atoms with Crippen molar-refractivity contribution in [3.8, 4) is 6.07 Å². The van der Waals surface area contributed by atoms with Gasteiger partial charge in [-0.05, 0) is 49.8 Å². The molecule has 0 aromatic heterocycles. The molecule has 7 atom stereocenters. The van der Waals surface area contributed by atoms with Crippen molar-refractivity contribution < 1.29 is 14.0 Å². The number of fused-ring (bicyclic) bond motifs is 3. The Labute approximate surface area is 175 Å². The van der Waals surface area contributed by atoms with Gasteiger partial charge in [0.1, 0.15) is 11.9 Å². The summed E-state index contributed by atoms with van der Waals surface area (Å²) in [6, 6.07) is 7.22. The second-order valence-electron chi connectivity index (χ2n) is 9.13. The Morgan fingerprint density at radius 1 is 1.37 bits per heavy atom. The molecule has 4 fully saturated rings. The number of nitrogens with two attached hydrogens (primary N) is 1. The molecule has 8 heteroatoms. The molecule has 2 N–H and O–H groups in total. The van der Waals surface area contributed by atoms with Crippen LogP contribution in [0.5, 0.6) is 0 Å². The molecule has 3 heterocycles. The highest BCUT2D eigenvalue weighted by Gasteiger charge is 2.56. The zero-order chi connectivity index (χ0) is 21.2. The summed E-state index contributed by atoms with van der Waals surface area (Å²) in [7, 11) is 0. The van der Waals surface area contributed by atoms with E-state index in [1.165, 1.54) is 12.1 Å². The van der Waals surface area contributed by atoms with E-state index < -0.39 is 6.04 Å². The Morgan fingerprint density at radius 3 is 2.87 bits per heavy atom. The van der Waals surface area contributed by atoms with Gasteiger partial charge in [0.15, 0.2) is 0 Å². The summed E-state index contributed by atoms with van der Waals surface area (Å²) in [5.41, 5.74) is 7.03. The molecule has 5 rings (SSSR count). The van der Waals surface area contributed by atoms with Crippen LogP contribution in [0.3, 0.4) is 0 Å². The second-order valence-corrected chi connectivity index (χ2v) is 9.13. The molecule has 2 bridgehead atoms. The van der Waals surface area contributed by atoms with Crippen molar-refractivity contribution in [2.45, 2.75) is 62.4 Å². The van der Waals surface area contributed by atoms with Crippen LogP contribution in [0.15, 0.2) is 24.3 Å². The van der Waals surface area contributed by atoms with Crippen LogP contribution in [0.4, 0.5) is 4.39 Å². The Morgan fingerprint density at radius 2 is 2.17 bits per heavy atom. The molecule has 3 aliphatic heterocycles. The van der Waals surface area contributed by atoms with Crippen LogP contribution in [0, 0.1) is 23.1 Å². The molecule has 2 unspecified atom stereocenters. The van der Waals surface area contributed by atoms with Gasteiger partial charge < -0.3 is 15.5 Å². The van der Waals surface area contributed by atoms with Crippen LogP contribution in [0.2, 0.25) is 0 Å². The molecular formula is C22H26FN5O2. The predicted octanol–water partition coefficient (Wildman–Crippen LogP) is 1.01. The minimum absolute atomic E-state index is 0.0148. The average Bonchev–Trinajstić information content (AvgIpc) is 3.06. The lowest BCUT2D eigenvalue weighted by molar-refractivity contribution is -0.141. The monoisotopic (exact) mass is 411 g/mol. The maximum absolute atomic E-state index is 13.6. The number of piperidine rings is 1. The number of likely N-dealkylation sites (tertiary alicyclic amines) is 3. The van der Waals surface area contributed by atoms with E-state index in [4.69, 9.17) is 5.73 Å². The van der Waals surface area contributed by atoms with Crippen molar-refractivity contribution in [2.24, 2.45) is 11.7 Å². The number of hydrogen-bond acceptors (Lipinski definition) is 5. The zero-order valence-corrected chi connectivity index (χ0v) is 16.9. The summed E-state index contributed by atoms with van der Waals surface area (Å²) in [5.74, 6) is -0.0152. The minimum Gasteiger partial charge on any atom is -0.330 e. The number of carbonyl (C=O) groups excluding carboxylic acids is 2. The lowest BCUT2D eigenvalue weighted by Crippen LogP contribution is -2.57. The number of rotatable bonds is 5. The van der Waals surface area contributed by atoms with Crippen molar-refractivity contribution in [3.05, 3.63) is 35.6 Å². The molecule has 1 aromatic carbocycles. The standard InChI is InChI=1S/C22H26FN5O2/c1-12(13-3-2-4-15(23)5-13)27-17-8-20(22(27)30)26(10-17)11-18(25)21(29)28-16(9-24)6-14-7-19(14)28/h2-5,12,14,16-20H,6-8,10-11,25H2,1H3/t12-,14-,16+,17?,18+,19?,20+/m1/s1. The normalized spacial score (nSPS) is 34.1. The fraction of sp³-hybridized carbons (Fsp3) is 0.591. The van der Waals surface area contributed by atoms with Crippen molar-refractivity contribution in [1.82, 2.24) is 14.7 Å². The van der Waals surface area contributed by atoms with Crippen LogP contribution >= 0.6 is 0 Å². The summed E-state index contributed by atoms with van der Waals surface area (Å²) in [6.07, 6.45) is 2.42. The Kier molecular flexibility index (Phi) is 4.56. The molecule has 0 radical (unpaired) electrons. The molecular weight excluding hydrogens is 385 g/mol. The van der Waals surface area contributed by atoms with E-state index in [2.05, 4.69) is 6.07 Å². The first-order chi connectivity index (χ1) is 14.4. The summed E-state index contributed by atoms with van der Waals surface area (Å²) >= 11 is 0. The molecule has 158 valence electrons. The van der Waals surface area contributed by atoms with Gasteiger partial charge in [-0.3, -0.25) is 14.5 Å². The Balaban J connectivity index is 1.24. The third-order valence-electron chi connectivity index (χ3n) is 7.32. The molecule has 2 amide bonds. The molecule has 1 aromatic rings. The Hall–Kier alpha value is -2.50. The molecule has 4 aliphatic rings. The van der Waals surface area contributed by atoms with Crippen molar-refractivity contribution >= 4 is 11.8 Å². The van der Waals surface area contributed by atoms with Crippen molar-refractivity contribution in [2.75, 3.05) is 13.1 Å². The van der Waals surface area contributed by atoms with E-state index in [0.717, 1.165) is 18.4 Å². The minimum atomic E-state index is -0.735. The number of piperazine rings is 1. The van der Waals surface area contributed by atoms with Gasteiger partial charge in [0.05, 0.1) is 24.2 Å². The number of amides is 2. The maximum atomic E-state index is 13.6. The van der Waals surface area contributed by atoms with E-state index >= 15 is 0 Å². The molecule has 0 spiro atoms. The van der Waals surface area contributed by atoms with Crippen molar-refractivity contribution in [3.63, 3.8) is 0 Å². The van der Waals surface area contributed by atoms with Gasteiger partial charge in [-0.15, -0.1) is 0 Å². The largest absolute Gasteiger partial charge is 0.330 e. The molecule has 1 saturated carbocycles. The molecule has 3 saturated heterocycles. The van der Waals surface area contributed by atoms with Gasteiger partial charge in [-0.1, -0.05) is 12.1 Å². The summed E-state index contributed by atoms with van der Waals surface area (Å²) in [6.45, 7) is 2.90. The van der Waals surface area contributed by atoms with Crippen LogP contribution in [0.25, 0.3) is 0 Å². The third kappa shape index (κ3) is 2.99. The molecule has 30 heavy (non-hydrogen) atoms. The van der Waals surface area contributed by atoms with Crippen LogP contribution in [-0.2, 0) is 9.59 Å². The number of nitrogens with zero attached hydrogens (tertiary/aromatic N) is 4. The number of nitriles is 1.